The molecule has 14 nitrogen and oxygen atoms in total. The second-order valence-electron chi connectivity index (χ2n) is 16.4. The molecule has 5 N–H and O–H groups in total. The van der Waals surface area contributed by atoms with Crippen LogP contribution in [-0.2, 0) is 28.8 Å². The van der Waals surface area contributed by atoms with Crippen molar-refractivity contribution in [2.45, 2.75) is 97.4 Å². The van der Waals surface area contributed by atoms with Gasteiger partial charge in [0.05, 0.1) is 12.6 Å². The number of likely N-dealkylation sites (tertiary alicyclic amines) is 1. The molecule has 2 aliphatic carbocycles. The van der Waals surface area contributed by atoms with Crippen LogP contribution in [0.15, 0.2) is 30.3 Å². The average molecular weight is 710 g/mol. The Morgan fingerprint density at radius 3 is 2.12 bits per heavy atom. The lowest BCUT2D eigenvalue weighted by atomic mass is 9.96. The van der Waals surface area contributed by atoms with E-state index >= 15 is 0 Å². The zero-order chi connectivity index (χ0) is 38.0. The first-order valence-corrected chi connectivity index (χ1v) is 17.8. The van der Waals surface area contributed by atoms with E-state index in [1.807, 2.05) is 48.5 Å². The van der Waals surface area contributed by atoms with Crippen molar-refractivity contribution in [1.82, 2.24) is 36.4 Å². The van der Waals surface area contributed by atoms with Crippen molar-refractivity contribution in [3.63, 3.8) is 0 Å². The quantitative estimate of drug-likeness (QED) is 0.181. The largest absolute Gasteiger partial charge is 0.347 e. The first kappa shape index (κ1) is 39.3. The van der Waals surface area contributed by atoms with Crippen LogP contribution in [0.3, 0.4) is 0 Å². The van der Waals surface area contributed by atoms with E-state index in [1.165, 1.54) is 9.80 Å². The van der Waals surface area contributed by atoms with Crippen LogP contribution in [0.25, 0.3) is 0 Å². The monoisotopic (exact) mass is 709 g/mol. The lowest BCUT2D eigenvalue weighted by molar-refractivity contribution is -0.144. The summed E-state index contributed by atoms with van der Waals surface area (Å²) < 4.78 is 0. The summed E-state index contributed by atoms with van der Waals surface area (Å²) in [6.45, 7) is 13.0. The number of nitrogens with zero attached hydrogens (tertiary/aromatic N) is 2. The highest BCUT2D eigenvalue weighted by Crippen LogP contribution is 2.65. The van der Waals surface area contributed by atoms with E-state index in [4.69, 9.17) is 0 Å². The number of carbonyl (C=O) groups is 7. The molecule has 0 aromatic heterocycles. The van der Waals surface area contributed by atoms with Crippen LogP contribution in [0.4, 0.5) is 4.79 Å². The van der Waals surface area contributed by atoms with E-state index in [2.05, 4.69) is 26.6 Å². The Labute approximate surface area is 300 Å². The van der Waals surface area contributed by atoms with E-state index in [-0.39, 0.29) is 47.3 Å². The summed E-state index contributed by atoms with van der Waals surface area (Å²) in [6.07, 6.45) is 1.96. The third-order valence-electron chi connectivity index (χ3n) is 10.1. The number of piperidine rings is 1. The summed E-state index contributed by atoms with van der Waals surface area (Å²) in [5, 5.41) is 13.4. The summed E-state index contributed by atoms with van der Waals surface area (Å²) in [5.74, 6) is -4.09. The topological polar surface area (TPSA) is 186 Å². The fraction of sp³-hybridized carbons (Fsp3) is 0.649. The highest BCUT2D eigenvalue weighted by Gasteiger charge is 2.69. The molecule has 2 saturated carbocycles. The van der Waals surface area contributed by atoms with Gasteiger partial charge in [-0.15, -0.1) is 0 Å². The molecular weight excluding hydrogens is 654 g/mol. The van der Waals surface area contributed by atoms with Crippen molar-refractivity contribution in [3.05, 3.63) is 35.9 Å². The van der Waals surface area contributed by atoms with Gasteiger partial charge in [0.1, 0.15) is 18.1 Å². The Hall–Kier alpha value is -4.49. The first-order valence-electron chi connectivity index (χ1n) is 17.8. The molecule has 6 atom stereocenters. The van der Waals surface area contributed by atoms with Crippen molar-refractivity contribution in [3.8, 4) is 0 Å². The summed E-state index contributed by atoms with van der Waals surface area (Å²) in [4.78, 5) is 96.1. The van der Waals surface area contributed by atoms with Crippen LogP contribution in [0.5, 0.6) is 0 Å². The molecule has 1 aliphatic heterocycles. The Morgan fingerprint density at radius 1 is 0.941 bits per heavy atom. The second kappa shape index (κ2) is 15.4. The highest BCUT2D eigenvalue weighted by molar-refractivity contribution is 6.38. The van der Waals surface area contributed by atoms with Gasteiger partial charge >= 0.3 is 6.03 Å². The molecule has 1 aromatic rings. The minimum atomic E-state index is -1.16. The van der Waals surface area contributed by atoms with Crippen LogP contribution < -0.4 is 26.6 Å². The van der Waals surface area contributed by atoms with Gasteiger partial charge in [-0.05, 0) is 61.8 Å². The van der Waals surface area contributed by atoms with Crippen molar-refractivity contribution in [1.29, 1.82) is 0 Å². The summed E-state index contributed by atoms with van der Waals surface area (Å²) in [7, 11) is 3.13. The Kier molecular flexibility index (Phi) is 11.9. The Morgan fingerprint density at radius 2 is 1.57 bits per heavy atom. The molecule has 14 heteroatoms. The summed E-state index contributed by atoms with van der Waals surface area (Å²) in [5.41, 5.74) is -0.177. The standard InChI is InChI=1S/C37H55N7O7/c1-20(2)27(41-35(51)42-36(3,4)5)34(50)44-19-23-26(37(23,6)7)29(44)31(47)39-24(17-21-15-16-21)30(46)32(48)38-18-25(45)40-28(33(49)43(8)9)22-13-11-10-12-14-22/h10-14,20-21,23-24,26-29H,15-19H2,1-9H3,(H,38,48)(H,39,47)(H,40,45)(H2,41,42,51)/t23-,24?,26-,27-,28-,29-/m0/s1. The number of benzene rings is 1. The molecule has 0 spiro atoms. The molecule has 0 bridgehead atoms. The Bertz CT molecular complexity index is 1520. The minimum absolute atomic E-state index is 0.0619. The second-order valence-corrected chi connectivity index (χ2v) is 16.4. The normalized spacial score (nSPS) is 22.1. The Balaban J connectivity index is 1.44. The molecule has 0 radical (unpaired) electrons. The van der Waals surface area contributed by atoms with E-state index in [0.717, 1.165) is 12.8 Å². The van der Waals surface area contributed by atoms with Gasteiger partial charge in [0.2, 0.25) is 29.4 Å². The molecule has 3 fully saturated rings. The maximum Gasteiger partial charge on any atom is 0.315 e. The zero-order valence-corrected chi connectivity index (χ0v) is 31.3. The van der Waals surface area contributed by atoms with Gasteiger partial charge in [-0.1, -0.05) is 70.9 Å². The molecule has 1 unspecified atom stereocenters. The van der Waals surface area contributed by atoms with Gasteiger partial charge in [0, 0.05) is 26.2 Å². The predicted molar refractivity (Wildman–Crippen MR) is 190 cm³/mol. The maximum absolute atomic E-state index is 14.1. The van der Waals surface area contributed by atoms with Gasteiger partial charge in [0.15, 0.2) is 0 Å². The zero-order valence-electron chi connectivity index (χ0n) is 31.3. The molecule has 3 aliphatic rings. The smallest absolute Gasteiger partial charge is 0.315 e. The van der Waals surface area contributed by atoms with Crippen LogP contribution in [0.1, 0.15) is 79.3 Å². The number of urea groups is 1. The number of rotatable bonds is 14. The van der Waals surface area contributed by atoms with Gasteiger partial charge < -0.3 is 36.4 Å². The van der Waals surface area contributed by atoms with Gasteiger partial charge in [0.25, 0.3) is 5.91 Å². The highest BCUT2D eigenvalue weighted by atomic mass is 16.2. The maximum atomic E-state index is 14.1. The van der Waals surface area contributed by atoms with E-state index in [9.17, 15) is 33.6 Å². The van der Waals surface area contributed by atoms with Crippen molar-refractivity contribution < 1.29 is 33.6 Å². The molecule has 1 heterocycles. The van der Waals surface area contributed by atoms with Crippen molar-refractivity contribution in [2.75, 3.05) is 27.2 Å². The molecule has 4 rings (SSSR count). The third kappa shape index (κ3) is 9.65. The number of fused-ring (bicyclic) bond motifs is 1. The fourth-order valence-corrected chi connectivity index (χ4v) is 7.01. The van der Waals surface area contributed by atoms with Crippen LogP contribution in [0, 0.1) is 29.1 Å². The minimum Gasteiger partial charge on any atom is -0.347 e. The lowest BCUT2D eigenvalue weighted by Gasteiger charge is -2.35. The van der Waals surface area contributed by atoms with E-state index in [0.29, 0.717) is 12.1 Å². The van der Waals surface area contributed by atoms with E-state index in [1.54, 1.807) is 44.4 Å². The number of hydrogen-bond donors (Lipinski definition) is 5. The van der Waals surface area contributed by atoms with Gasteiger partial charge in [-0.3, -0.25) is 28.8 Å². The molecule has 1 saturated heterocycles. The molecule has 280 valence electrons. The molecule has 7 amide bonds. The number of Topliss-reactive ketones (excluding diaryl/α,β-unsaturated/α-hetero) is 1. The summed E-state index contributed by atoms with van der Waals surface area (Å²) >= 11 is 0. The van der Waals surface area contributed by atoms with Crippen LogP contribution >= 0.6 is 0 Å². The van der Waals surface area contributed by atoms with Gasteiger partial charge in [-0.2, -0.15) is 0 Å². The summed E-state index contributed by atoms with van der Waals surface area (Å²) in [6, 6.07) is 4.24. The molecule has 1 aromatic carbocycles. The number of likely N-dealkylation sites (N-methyl/N-ethyl adjacent to an activating group) is 1. The van der Waals surface area contributed by atoms with Crippen LogP contribution in [-0.4, -0.2) is 102 Å². The predicted octanol–water partition coefficient (Wildman–Crippen LogP) is 1.51. The number of carbonyl (C=O) groups excluding carboxylic acids is 7. The number of ketones is 1. The SMILES string of the molecule is CC(C)[C@H](NC(=O)NC(C)(C)C)C(=O)N1C[C@H]2[C@@H]([C@H]1C(=O)NC(CC1CC1)C(=O)C(=O)NCC(=O)N[C@H](C(=O)N(C)C)c1ccccc1)C2(C)C. The van der Waals surface area contributed by atoms with Crippen LogP contribution in [0.2, 0.25) is 0 Å². The van der Waals surface area contributed by atoms with Crippen molar-refractivity contribution in [2.24, 2.45) is 29.1 Å². The molecule has 51 heavy (non-hydrogen) atoms. The average Bonchev–Trinajstić information content (AvgIpc) is 3.90. The first-order chi connectivity index (χ1) is 23.7. The lowest BCUT2D eigenvalue weighted by Crippen LogP contribution is -2.60. The van der Waals surface area contributed by atoms with Crippen molar-refractivity contribution >= 4 is 41.4 Å². The third-order valence-corrected chi connectivity index (χ3v) is 10.1. The fourth-order valence-electron chi connectivity index (χ4n) is 7.01. The molecular formula is C37H55N7O7. The van der Waals surface area contributed by atoms with E-state index < -0.39 is 65.8 Å². The number of hydrogen-bond acceptors (Lipinski definition) is 7. The number of amides is 7. The van der Waals surface area contributed by atoms with Gasteiger partial charge in [-0.25, -0.2) is 4.79 Å². The number of nitrogens with one attached hydrogen (secondary N) is 5.